The molecule has 17 heavy (non-hydrogen) atoms. The van der Waals surface area contributed by atoms with Crippen molar-refractivity contribution in [3.8, 4) is 0 Å². The Hall–Kier alpha value is -1.07. The van der Waals surface area contributed by atoms with Gasteiger partial charge in [0.15, 0.2) is 0 Å². The van der Waals surface area contributed by atoms with E-state index in [1.165, 1.54) is 7.05 Å². The molecule has 0 saturated heterocycles. The van der Waals surface area contributed by atoms with Crippen molar-refractivity contribution in [3.63, 3.8) is 0 Å². The lowest BCUT2D eigenvalue weighted by molar-refractivity contribution is -0.151. The van der Waals surface area contributed by atoms with Crippen LogP contribution in [0.1, 0.15) is 18.6 Å². The Morgan fingerprint density at radius 2 is 1.76 bits per heavy atom. The van der Waals surface area contributed by atoms with E-state index in [2.05, 4.69) is 0 Å². The van der Waals surface area contributed by atoms with Crippen LogP contribution in [0.15, 0.2) is 30.3 Å². The maximum absolute atomic E-state index is 12.2. The minimum Gasteiger partial charge on any atom is -0.387 e. The molecular formula is C12H16F3NO. The number of aliphatic hydroxyl groups is 1. The van der Waals surface area contributed by atoms with Crippen LogP contribution in [0.3, 0.4) is 0 Å². The summed E-state index contributed by atoms with van der Waals surface area (Å²) in [6, 6.07) is 8.08. The van der Waals surface area contributed by atoms with Crippen molar-refractivity contribution in [2.45, 2.75) is 25.2 Å². The van der Waals surface area contributed by atoms with Crippen molar-refractivity contribution in [3.05, 3.63) is 35.9 Å². The summed E-state index contributed by atoms with van der Waals surface area (Å²) in [4.78, 5) is 1.09. The fourth-order valence-electron chi connectivity index (χ4n) is 1.60. The Balaban J connectivity index is 2.67. The number of rotatable bonds is 4. The summed E-state index contributed by atoms with van der Waals surface area (Å²) >= 11 is 0. The molecule has 0 aliphatic carbocycles. The largest absolute Gasteiger partial charge is 0.401 e. The monoisotopic (exact) mass is 247 g/mol. The van der Waals surface area contributed by atoms with Gasteiger partial charge in [-0.05, 0) is 19.5 Å². The molecule has 0 aliphatic heterocycles. The zero-order chi connectivity index (χ0) is 13.1. The molecule has 1 aromatic rings. The number of aliphatic hydroxyl groups excluding tert-OH is 1. The molecule has 0 aromatic heterocycles. The van der Waals surface area contributed by atoms with Gasteiger partial charge in [0, 0.05) is 6.04 Å². The van der Waals surface area contributed by atoms with E-state index in [9.17, 15) is 18.3 Å². The third-order valence-corrected chi connectivity index (χ3v) is 2.72. The lowest BCUT2D eigenvalue weighted by atomic mass is 10.0. The minimum absolute atomic E-state index is 0.598. The molecule has 2 nitrogen and oxygen atoms in total. The van der Waals surface area contributed by atoms with E-state index in [-0.39, 0.29) is 0 Å². The topological polar surface area (TPSA) is 23.5 Å². The van der Waals surface area contributed by atoms with E-state index in [0.29, 0.717) is 5.56 Å². The molecule has 96 valence electrons. The van der Waals surface area contributed by atoms with Gasteiger partial charge in [0.05, 0.1) is 12.6 Å². The van der Waals surface area contributed by atoms with Crippen LogP contribution in [0.25, 0.3) is 0 Å². The first-order valence-electron chi connectivity index (χ1n) is 5.31. The van der Waals surface area contributed by atoms with E-state index in [4.69, 9.17) is 0 Å². The fourth-order valence-corrected chi connectivity index (χ4v) is 1.60. The smallest absolute Gasteiger partial charge is 0.387 e. The molecule has 0 aliphatic rings. The average molecular weight is 247 g/mol. The second kappa shape index (κ2) is 5.51. The molecule has 1 aromatic carbocycles. The second-order valence-corrected chi connectivity index (χ2v) is 4.13. The SMILES string of the molecule is C[C@H]([C@H](O)c1ccccc1)N(C)CC(F)(F)F. The van der Waals surface area contributed by atoms with Crippen molar-refractivity contribution >= 4 is 0 Å². The number of benzene rings is 1. The molecule has 0 amide bonds. The third kappa shape index (κ3) is 4.36. The van der Waals surface area contributed by atoms with E-state index in [1.807, 2.05) is 0 Å². The number of likely N-dealkylation sites (N-methyl/N-ethyl adjacent to an activating group) is 1. The highest BCUT2D eigenvalue weighted by molar-refractivity contribution is 5.18. The van der Waals surface area contributed by atoms with Gasteiger partial charge in [0.2, 0.25) is 0 Å². The number of alkyl halides is 3. The quantitative estimate of drug-likeness (QED) is 0.884. The summed E-state index contributed by atoms with van der Waals surface area (Å²) in [7, 11) is 1.35. The van der Waals surface area contributed by atoms with Crippen LogP contribution in [0.2, 0.25) is 0 Å². The van der Waals surface area contributed by atoms with Crippen LogP contribution in [-0.4, -0.2) is 35.8 Å². The molecule has 1 rings (SSSR count). The van der Waals surface area contributed by atoms with Gasteiger partial charge < -0.3 is 5.11 Å². The normalized spacial score (nSPS) is 15.9. The summed E-state index contributed by atoms with van der Waals surface area (Å²) in [5, 5.41) is 9.95. The Labute approximate surface area is 98.7 Å². The molecule has 0 unspecified atom stereocenters. The lowest BCUT2D eigenvalue weighted by Crippen LogP contribution is -2.40. The Morgan fingerprint density at radius 1 is 1.24 bits per heavy atom. The van der Waals surface area contributed by atoms with Crippen molar-refractivity contribution in [2.75, 3.05) is 13.6 Å². The molecule has 0 bridgehead atoms. The highest BCUT2D eigenvalue weighted by Crippen LogP contribution is 2.23. The van der Waals surface area contributed by atoms with Gasteiger partial charge in [0.1, 0.15) is 0 Å². The fraction of sp³-hybridized carbons (Fsp3) is 0.500. The zero-order valence-electron chi connectivity index (χ0n) is 9.78. The molecule has 0 radical (unpaired) electrons. The highest BCUT2D eigenvalue weighted by Gasteiger charge is 2.32. The van der Waals surface area contributed by atoms with Gasteiger partial charge in [-0.2, -0.15) is 13.2 Å². The summed E-state index contributed by atoms with van der Waals surface area (Å²) in [6.45, 7) is 0.543. The molecule has 1 N–H and O–H groups in total. The maximum Gasteiger partial charge on any atom is 0.401 e. The molecule has 5 heteroatoms. The summed E-state index contributed by atoms with van der Waals surface area (Å²) in [6.07, 6.45) is -5.18. The Morgan fingerprint density at radius 3 is 2.24 bits per heavy atom. The van der Waals surface area contributed by atoms with E-state index in [0.717, 1.165) is 4.90 Å². The first-order chi connectivity index (χ1) is 7.81. The highest BCUT2D eigenvalue weighted by atomic mass is 19.4. The second-order valence-electron chi connectivity index (χ2n) is 4.13. The minimum atomic E-state index is -4.25. The van der Waals surface area contributed by atoms with Crippen LogP contribution in [0.4, 0.5) is 13.2 Å². The summed E-state index contributed by atoms with van der Waals surface area (Å²) < 4.78 is 36.6. The van der Waals surface area contributed by atoms with Crippen LogP contribution in [-0.2, 0) is 0 Å². The van der Waals surface area contributed by atoms with Crippen molar-refractivity contribution in [1.82, 2.24) is 4.90 Å². The van der Waals surface area contributed by atoms with Gasteiger partial charge in [-0.25, -0.2) is 0 Å². The molecule has 0 spiro atoms. The number of hydrogen-bond acceptors (Lipinski definition) is 2. The first kappa shape index (κ1) is 14.0. The van der Waals surface area contributed by atoms with Crippen molar-refractivity contribution in [1.29, 1.82) is 0 Å². The standard InChI is InChI=1S/C12H16F3NO/c1-9(16(2)8-12(13,14)15)11(17)10-6-4-3-5-7-10/h3-7,9,11,17H,8H2,1-2H3/t9-,11+/m1/s1. The summed E-state index contributed by atoms with van der Waals surface area (Å²) in [5.74, 6) is 0. The van der Waals surface area contributed by atoms with Crippen LogP contribution >= 0.6 is 0 Å². The van der Waals surface area contributed by atoms with Gasteiger partial charge >= 0.3 is 6.18 Å². The van der Waals surface area contributed by atoms with Crippen LogP contribution in [0, 0.1) is 0 Å². The molecule has 0 fully saturated rings. The average Bonchev–Trinajstić information content (AvgIpc) is 2.26. The van der Waals surface area contributed by atoms with Gasteiger partial charge in [0.25, 0.3) is 0 Å². The van der Waals surface area contributed by atoms with Gasteiger partial charge in [-0.1, -0.05) is 30.3 Å². The first-order valence-corrected chi connectivity index (χ1v) is 5.31. The third-order valence-electron chi connectivity index (χ3n) is 2.72. The lowest BCUT2D eigenvalue weighted by Gasteiger charge is -2.29. The van der Waals surface area contributed by atoms with Crippen molar-refractivity contribution in [2.24, 2.45) is 0 Å². The van der Waals surface area contributed by atoms with Gasteiger partial charge in [-0.3, -0.25) is 4.90 Å². The Kier molecular flexibility index (Phi) is 4.54. The number of hydrogen-bond donors (Lipinski definition) is 1. The zero-order valence-corrected chi connectivity index (χ0v) is 9.78. The molecule has 0 heterocycles. The van der Waals surface area contributed by atoms with E-state index < -0.39 is 24.9 Å². The van der Waals surface area contributed by atoms with Crippen LogP contribution in [0.5, 0.6) is 0 Å². The predicted molar refractivity (Wildman–Crippen MR) is 59.5 cm³/mol. The van der Waals surface area contributed by atoms with Crippen LogP contribution < -0.4 is 0 Å². The van der Waals surface area contributed by atoms with E-state index in [1.54, 1.807) is 37.3 Å². The summed E-state index contributed by atoms with van der Waals surface area (Å²) in [5.41, 5.74) is 0.619. The number of halogens is 3. The van der Waals surface area contributed by atoms with E-state index >= 15 is 0 Å². The molecular weight excluding hydrogens is 231 g/mol. The Bertz CT molecular complexity index is 339. The molecule has 2 atom stereocenters. The maximum atomic E-state index is 12.2. The number of nitrogens with zero attached hydrogens (tertiary/aromatic N) is 1. The van der Waals surface area contributed by atoms with Gasteiger partial charge in [-0.15, -0.1) is 0 Å². The predicted octanol–water partition coefficient (Wildman–Crippen LogP) is 2.60. The molecule has 0 saturated carbocycles. The van der Waals surface area contributed by atoms with Crippen molar-refractivity contribution < 1.29 is 18.3 Å².